The molecule has 0 aliphatic rings. The van der Waals surface area contributed by atoms with Crippen LogP contribution in [0.1, 0.15) is 18.5 Å². The van der Waals surface area contributed by atoms with Gasteiger partial charge in [-0.25, -0.2) is 13.4 Å². The van der Waals surface area contributed by atoms with Crippen molar-refractivity contribution in [3.63, 3.8) is 0 Å². The van der Waals surface area contributed by atoms with E-state index in [-0.39, 0.29) is 35.7 Å². The molecule has 2 atom stereocenters. The fourth-order valence-electron chi connectivity index (χ4n) is 2.06. The second-order valence-electron chi connectivity index (χ2n) is 5.37. The highest BCUT2D eigenvalue weighted by Crippen LogP contribution is 2.21. The number of hydrogen-bond acceptors (Lipinski definition) is 5. The van der Waals surface area contributed by atoms with E-state index in [1.165, 1.54) is 18.3 Å². The molecule has 1 heterocycles. The van der Waals surface area contributed by atoms with Crippen LogP contribution >= 0.6 is 24.8 Å². The number of hydrogen-bond donors (Lipinski definition) is 2. The van der Waals surface area contributed by atoms with Crippen LogP contribution in [0, 0.1) is 5.92 Å². The first-order valence-electron chi connectivity index (χ1n) is 7.06. The molecule has 1 amide bonds. The normalized spacial score (nSPS) is 12.9. The number of anilines is 1. The van der Waals surface area contributed by atoms with Gasteiger partial charge in [-0.1, -0.05) is 37.3 Å². The lowest BCUT2D eigenvalue weighted by molar-refractivity contribution is -0.120. The van der Waals surface area contributed by atoms with Crippen molar-refractivity contribution < 1.29 is 13.2 Å². The number of halogens is 2. The van der Waals surface area contributed by atoms with Gasteiger partial charge in [0.05, 0.1) is 17.8 Å². The Balaban J connectivity index is 0.00000288. The van der Waals surface area contributed by atoms with Gasteiger partial charge in [0.25, 0.3) is 0 Å². The average molecular weight is 406 g/mol. The summed E-state index contributed by atoms with van der Waals surface area (Å²) in [4.78, 5) is 16.1. The minimum Gasteiger partial charge on any atom is -0.324 e. The van der Waals surface area contributed by atoms with Gasteiger partial charge in [0.15, 0.2) is 14.9 Å². The van der Waals surface area contributed by atoms with Gasteiger partial charge in [-0.3, -0.25) is 4.79 Å². The minimum absolute atomic E-state index is 0. The summed E-state index contributed by atoms with van der Waals surface area (Å²) in [5.74, 6) is -0.706. The number of benzene rings is 1. The third-order valence-electron chi connectivity index (χ3n) is 3.52. The second kappa shape index (κ2) is 9.72. The predicted molar refractivity (Wildman–Crippen MR) is 103 cm³/mol. The van der Waals surface area contributed by atoms with Gasteiger partial charge in [-0.05, 0) is 17.7 Å². The molecular formula is C16H21Cl2N3O3S. The summed E-state index contributed by atoms with van der Waals surface area (Å²) in [6, 6.07) is 11.8. The zero-order valence-electron chi connectivity index (χ0n) is 13.7. The average Bonchev–Trinajstić information content (AvgIpc) is 2.54. The summed E-state index contributed by atoms with van der Waals surface area (Å²) < 4.78 is 22.7. The first-order chi connectivity index (χ1) is 10.8. The van der Waals surface area contributed by atoms with E-state index in [4.69, 9.17) is 5.73 Å². The van der Waals surface area contributed by atoms with E-state index >= 15 is 0 Å². The van der Waals surface area contributed by atoms with Crippen molar-refractivity contribution in [1.29, 1.82) is 0 Å². The summed E-state index contributed by atoms with van der Waals surface area (Å²) in [6.45, 7) is 1.74. The minimum atomic E-state index is -3.36. The Morgan fingerprint density at radius 2 is 1.72 bits per heavy atom. The smallest absolute Gasteiger partial charge is 0.229 e. The highest BCUT2D eigenvalue weighted by atomic mass is 35.5. The van der Waals surface area contributed by atoms with E-state index in [1.807, 2.05) is 30.3 Å². The summed E-state index contributed by atoms with van der Waals surface area (Å²) in [5.41, 5.74) is 7.42. The number of sulfone groups is 1. The van der Waals surface area contributed by atoms with Gasteiger partial charge in [0.2, 0.25) is 5.91 Å². The van der Waals surface area contributed by atoms with Crippen molar-refractivity contribution in [2.75, 3.05) is 11.6 Å². The molecule has 3 N–H and O–H groups in total. The van der Waals surface area contributed by atoms with Crippen molar-refractivity contribution >= 4 is 46.2 Å². The molecule has 9 heteroatoms. The van der Waals surface area contributed by atoms with Crippen LogP contribution in [0.3, 0.4) is 0 Å². The van der Waals surface area contributed by atoms with Crippen LogP contribution < -0.4 is 11.1 Å². The van der Waals surface area contributed by atoms with Crippen molar-refractivity contribution in [3.05, 3.63) is 54.2 Å². The quantitative estimate of drug-likeness (QED) is 0.795. The maximum Gasteiger partial charge on any atom is 0.229 e. The van der Waals surface area contributed by atoms with Crippen LogP contribution in [0.25, 0.3) is 0 Å². The topological polar surface area (TPSA) is 102 Å². The molecule has 1 aromatic carbocycles. The molecule has 0 bridgehead atoms. The Morgan fingerprint density at radius 3 is 2.20 bits per heavy atom. The number of pyridine rings is 1. The molecule has 0 saturated carbocycles. The number of carbonyl (C=O) groups is 1. The van der Waals surface area contributed by atoms with Crippen molar-refractivity contribution in [2.24, 2.45) is 11.7 Å². The number of amides is 1. The van der Waals surface area contributed by atoms with Crippen LogP contribution in [-0.4, -0.2) is 25.6 Å². The maximum absolute atomic E-state index is 12.3. The molecular weight excluding hydrogens is 385 g/mol. The van der Waals surface area contributed by atoms with Crippen LogP contribution in [-0.2, 0) is 14.6 Å². The highest BCUT2D eigenvalue weighted by molar-refractivity contribution is 7.90. The Bertz CT molecular complexity index is 784. The number of nitrogens with two attached hydrogens (primary N) is 1. The number of nitrogens with one attached hydrogen (secondary N) is 1. The number of nitrogens with zero attached hydrogens (tertiary/aromatic N) is 1. The number of aromatic nitrogens is 1. The molecule has 1 aromatic heterocycles. The van der Waals surface area contributed by atoms with Gasteiger partial charge < -0.3 is 11.1 Å². The molecule has 25 heavy (non-hydrogen) atoms. The molecule has 138 valence electrons. The first-order valence-corrected chi connectivity index (χ1v) is 8.95. The molecule has 6 nitrogen and oxygen atoms in total. The van der Waals surface area contributed by atoms with E-state index in [0.717, 1.165) is 11.8 Å². The van der Waals surface area contributed by atoms with Crippen molar-refractivity contribution in [1.82, 2.24) is 4.98 Å². The van der Waals surface area contributed by atoms with Crippen LogP contribution in [0.5, 0.6) is 0 Å². The fraction of sp³-hybridized carbons (Fsp3) is 0.250. The predicted octanol–water partition coefficient (Wildman–Crippen LogP) is 2.60. The summed E-state index contributed by atoms with van der Waals surface area (Å²) in [7, 11) is -3.36. The molecule has 2 rings (SSSR count). The number of carbonyl (C=O) groups excluding carboxylic acids is 1. The Kier molecular flexibility index (Phi) is 9.07. The lowest BCUT2D eigenvalue weighted by atomic mass is 9.94. The Morgan fingerprint density at radius 1 is 1.12 bits per heavy atom. The summed E-state index contributed by atoms with van der Waals surface area (Å²) >= 11 is 0. The van der Waals surface area contributed by atoms with Crippen LogP contribution in [0.4, 0.5) is 5.69 Å². The van der Waals surface area contributed by atoms with E-state index in [2.05, 4.69) is 10.3 Å². The lowest BCUT2D eigenvalue weighted by Crippen LogP contribution is -2.30. The standard InChI is InChI=1S/C16H19N3O3S.2ClH/c1-11(15(17)12-6-4-3-5-7-12)16(20)19-13-8-9-14(18-10-13)23(2,21)22;;/h3-11,15H,17H2,1-2H3,(H,19,20);2*1H. The SMILES string of the molecule is CC(C(=O)Nc1ccc(S(C)(=O)=O)nc1)C(N)c1ccccc1.Cl.Cl. The lowest BCUT2D eigenvalue weighted by Gasteiger charge is -2.19. The zero-order chi connectivity index (χ0) is 17.0. The molecule has 0 radical (unpaired) electrons. The Labute approximate surface area is 160 Å². The molecule has 0 aliphatic heterocycles. The first kappa shape index (κ1) is 23.3. The monoisotopic (exact) mass is 405 g/mol. The van der Waals surface area contributed by atoms with Crippen LogP contribution in [0.15, 0.2) is 53.7 Å². The van der Waals surface area contributed by atoms with Gasteiger partial charge in [0, 0.05) is 12.3 Å². The van der Waals surface area contributed by atoms with Gasteiger partial charge in [0.1, 0.15) is 0 Å². The molecule has 0 spiro atoms. The highest BCUT2D eigenvalue weighted by Gasteiger charge is 2.22. The Hall–Kier alpha value is -1.67. The molecule has 0 fully saturated rings. The second-order valence-corrected chi connectivity index (χ2v) is 7.33. The van der Waals surface area contributed by atoms with E-state index in [1.54, 1.807) is 6.92 Å². The molecule has 2 aromatic rings. The zero-order valence-corrected chi connectivity index (χ0v) is 16.2. The van der Waals surface area contributed by atoms with Gasteiger partial charge in [-0.15, -0.1) is 24.8 Å². The molecule has 0 aliphatic carbocycles. The van der Waals surface area contributed by atoms with Crippen LogP contribution in [0.2, 0.25) is 0 Å². The third kappa shape index (κ3) is 6.28. The third-order valence-corrected chi connectivity index (χ3v) is 4.52. The molecule has 0 saturated heterocycles. The van der Waals surface area contributed by atoms with E-state index in [9.17, 15) is 13.2 Å². The summed E-state index contributed by atoms with van der Waals surface area (Å²) in [5, 5.41) is 2.66. The maximum atomic E-state index is 12.3. The largest absolute Gasteiger partial charge is 0.324 e. The van der Waals surface area contributed by atoms with Gasteiger partial charge >= 0.3 is 0 Å². The molecule has 2 unspecified atom stereocenters. The summed E-state index contributed by atoms with van der Waals surface area (Å²) in [6.07, 6.45) is 2.39. The van der Waals surface area contributed by atoms with Crippen molar-refractivity contribution in [2.45, 2.75) is 18.0 Å². The van der Waals surface area contributed by atoms with Crippen molar-refractivity contribution in [3.8, 4) is 0 Å². The fourth-order valence-corrected chi connectivity index (χ4v) is 2.62. The number of rotatable bonds is 5. The van der Waals surface area contributed by atoms with E-state index < -0.39 is 21.8 Å². The van der Waals surface area contributed by atoms with Gasteiger partial charge in [-0.2, -0.15) is 0 Å². The van der Waals surface area contributed by atoms with E-state index in [0.29, 0.717) is 5.69 Å².